The first-order valence-electron chi connectivity index (χ1n) is 5.18. The van der Waals surface area contributed by atoms with Crippen LogP contribution in [0.4, 0.5) is 0 Å². The van der Waals surface area contributed by atoms with Crippen molar-refractivity contribution in [2.24, 2.45) is 0 Å². The van der Waals surface area contributed by atoms with Gasteiger partial charge in [0.05, 0.1) is 5.56 Å². The second-order valence-corrected chi connectivity index (χ2v) is 3.84. The van der Waals surface area contributed by atoms with E-state index in [0.717, 1.165) is 16.4 Å². The van der Waals surface area contributed by atoms with E-state index in [9.17, 15) is 4.79 Å². The van der Waals surface area contributed by atoms with Gasteiger partial charge in [-0.1, -0.05) is 30.3 Å². The van der Waals surface area contributed by atoms with Crippen molar-refractivity contribution in [1.29, 1.82) is 0 Å². The molecule has 3 rings (SSSR count). The molecular formula is C14H10O2. The summed E-state index contributed by atoms with van der Waals surface area (Å²) in [5, 5.41) is 2.06. The van der Waals surface area contributed by atoms with E-state index >= 15 is 0 Å². The van der Waals surface area contributed by atoms with Crippen LogP contribution in [0.25, 0.3) is 21.9 Å². The molecule has 0 saturated heterocycles. The zero-order valence-electron chi connectivity index (χ0n) is 8.86. The van der Waals surface area contributed by atoms with Crippen LogP contribution in [0.15, 0.2) is 46.9 Å². The maximum absolute atomic E-state index is 11.5. The van der Waals surface area contributed by atoms with Crippen LogP contribution >= 0.6 is 0 Å². The van der Waals surface area contributed by atoms with E-state index in [1.807, 2.05) is 36.4 Å². The van der Waals surface area contributed by atoms with Gasteiger partial charge in [0.1, 0.15) is 11.2 Å². The molecule has 1 aromatic heterocycles. The van der Waals surface area contributed by atoms with Crippen LogP contribution in [-0.2, 0) is 0 Å². The number of rotatable bonds is 1. The molecule has 16 heavy (non-hydrogen) atoms. The lowest BCUT2D eigenvalue weighted by atomic mass is 10.1. The minimum Gasteiger partial charge on any atom is -0.455 e. The van der Waals surface area contributed by atoms with E-state index in [2.05, 4.69) is 0 Å². The Morgan fingerprint density at radius 2 is 1.75 bits per heavy atom. The van der Waals surface area contributed by atoms with Crippen molar-refractivity contribution in [3.8, 4) is 0 Å². The van der Waals surface area contributed by atoms with Gasteiger partial charge in [-0.2, -0.15) is 0 Å². The number of carbonyl (C=O) groups is 1. The molecule has 0 aliphatic heterocycles. The van der Waals surface area contributed by atoms with Gasteiger partial charge in [-0.05, 0) is 19.1 Å². The van der Waals surface area contributed by atoms with E-state index in [1.165, 1.54) is 0 Å². The highest BCUT2D eigenvalue weighted by Crippen LogP contribution is 2.30. The molecule has 2 heteroatoms. The summed E-state index contributed by atoms with van der Waals surface area (Å²) in [7, 11) is 0. The van der Waals surface area contributed by atoms with Crippen molar-refractivity contribution in [2.75, 3.05) is 0 Å². The lowest BCUT2D eigenvalue weighted by molar-refractivity contribution is 0.101. The summed E-state index contributed by atoms with van der Waals surface area (Å²) in [4.78, 5) is 11.5. The topological polar surface area (TPSA) is 30.2 Å². The fourth-order valence-corrected chi connectivity index (χ4v) is 2.02. The maximum atomic E-state index is 11.5. The molecule has 0 aliphatic carbocycles. The summed E-state index contributed by atoms with van der Waals surface area (Å²) < 4.78 is 5.72. The number of furan rings is 1. The summed E-state index contributed by atoms with van der Waals surface area (Å²) in [6.45, 7) is 1.56. The van der Waals surface area contributed by atoms with Gasteiger partial charge in [0.25, 0.3) is 0 Å². The van der Waals surface area contributed by atoms with Crippen LogP contribution in [0.2, 0.25) is 0 Å². The van der Waals surface area contributed by atoms with Crippen LogP contribution in [-0.4, -0.2) is 5.78 Å². The lowest BCUT2D eigenvalue weighted by Crippen LogP contribution is -1.91. The van der Waals surface area contributed by atoms with Gasteiger partial charge in [-0.15, -0.1) is 0 Å². The Kier molecular flexibility index (Phi) is 1.83. The maximum Gasteiger partial charge on any atom is 0.163 e. The average Bonchev–Trinajstić information content (AvgIpc) is 2.67. The van der Waals surface area contributed by atoms with Gasteiger partial charge in [0.15, 0.2) is 5.78 Å². The first kappa shape index (κ1) is 9.16. The van der Waals surface area contributed by atoms with Gasteiger partial charge in [-0.25, -0.2) is 0 Å². The predicted octanol–water partition coefficient (Wildman–Crippen LogP) is 3.79. The molecule has 0 saturated carbocycles. The molecule has 0 N–H and O–H groups in total. The molecule has 2 nitrogen and oxygen atoms in total. The summed E-state index contributed by atoms with van der Waals surface area (Å²) in [6.07, 6.45) is 0. The third kappa shape index (κ3) is 1.16. The second kappa shape index (κ2) is 3.20. The monoisotopic (exact) mass is 210 g/mol. The van der Waals surface area contributed by atoms with Crippen molar-refractivity contribution in [2.45, 2.75) is 6.92 Å². The highest BCUT2D eigenvalue weighted by Gasteiger charge is 2.12. The first-order valence-corrected chi connectivity index (χ1v) is 5.18. The molecule has 0 spiro atoms. The molecule has 3 aromatic rings. The average molecular weight is 210 g/mol. The van der Waals surface area contributed by atoms with E-state index in [1.54, 1.807) is 13.0 Å². The number of Topliss-reactive ketones (excluding diaryl/α,β-unsaturated/α-hetero) is 1. The fraction of sp³-hybridized carbons (Fsp3) is 0.0714. The first-order chi connectivity index (χ1) is 7.77. The highest BCUT2D eigenvalue weighted by molar-refractivity contribution is 6.13. The van der Waals surface area contributed by atoms with Crippen molar-refractivity contribution in [1.82, 2.24) is 0 Å². The number of fused-ring (bicyclic) bond motifs is 3. The molecule has 0 bridgehead atoms. The Morgan fingerprint density at radius 1 is 1.00 bits per heavy atom. The molecule has 0 radical (unpaired) electrons. The fourth-order valence-electron chi connectivity index (χ4n) is 2.02. The number of ketones is 1. The van der Waals surface area contributed by atoms with Gasteiger partial charge in [0.2, 0.25) is 0 Å². The molecule has 0 unspecified atom stereocenters. The van der Waals surface area contributed by atoms with Crippen LogP contribution in [0.3, 0.4) is 0 Å². The summed E-state index contributed by atoms with van der Waals surface area (Å²) in [5.74, 6) is 0.0321. The largest absolute Gasteiger partial charge is 0.455 e. The summed E-state index contributed by atoms with van der Waals surface area (Å²) in [6, 6.07) is 13.5. The Morgan fingerprint density at radius 3 is 2.56 bits per heavy atom. The Balaban J connectivity index is 2.54. The normalized spacial score (nSPS) is 11.1. The van der Waals surface area contributed by atoms with Crippen molar-refractivity contribution >= 4 is 27.7 Å². The summed E-state index contributed by atoms with van der Waals surface area (Å²) in [5.41, 5.74) is 2.16. The molecule has 78 valence electrons. The van der Waals surface area contributed by atoms with Crippen molar-refractivity contribution in [3.63, 3.8) is 0 Å². The molecule has 2 aromatic carbocycles. The van der Waals surface area contributed by atoms with E-state index in [-0.39, 0.29) is 5.78 Å². The van der Waals surface area contributed by atoms with Gasteiger partial charge in [-0.3, -0.25) is 4.79 Å². The summed E-state index contributed by atoms with van der Waals surface area (Å²) >= 11 is 0. The number of hydrogen-bond acceptors (Lipinski definition) is 2. The van der Waals surface area contributed by atoms with E-state index in [0.29, 0.717) is 11.1 Å². The SMILES string of the molecule is CC(=O)c1cccc2c1oc1ccccc12. The molecule has 0 atom stereocenters. The highest BCUT2D eigenvalue weighted by atomic mass is 16.3. The van der Waals surface area contributed by atoms with Gasteiger partial charge >= 0.3 is 0 Å². The van der Waals surface area contributed by atoms with Gasteiger partial charge < -0.3 is 4.42 Å². The number of para-hydroxylation sites is 2. The van der Waals surface area contributed by atoms with Crippen LogP contribution in [0.1, 0.15) is 17.3 Å². The minimum atomic E-state index is 0.0321. The van der Waals surface area contributed by atoms with E-state index in [4.69, 9.17) is 4.42 Å². The molecule has 1 heterocycles. The minimum absolute atomic E-state index is 0.0321. The van der Waals surface area contributed by atoms with Crippen LogP contribution < -0.4 is 0 Å². The van der Waals surface area contributed by atoms with Crippen molar-refractivity contribution in [3.05, 3.63) is 48.0 Å². The molecule has 0 aliphatic rings. The second-order valence-electron chi connectivity index (χ2n) is 3.84. The third-order valence-electron chi connectivity index (χ3n) is 2.78. The standard InChI is InChI=1S/C14H10O2/c1-9(15)10-6-4-7-12-11-5-2-3-8-13(11)16-14(10)12/h2-8H,1H3. The molecule has 0 fully saturated rings. The Labute approximate surface area is 92.5 Å². The third-order valence-corrected chi connectivity index (χ3v) is 2.78. The van der Waals surface area contributed by atoms with Gasteiger partial charge in [0, 0.05) is 10.8 Å². The zero-order valence-corrected chi connectivity index (χ0v) is 8.86. The Bertz CT molecular complexity index is 692. The smallest absolute Gasteiger partial charge is 0.163 e. The molecule has 0 amide bonds. The Hall–Kier alpha value is -2.09. The quantitative estimate of drug-likeness (QED) is 0.572. The number of carbonyl (C=O) groups excluding carboxylic acids is 1. The number of benzene rings is 2. The van der Waals surface area contributed by atoms with Crippen molar-refractivity contribution < 1.29 is 9.21 Å². The number of hydrogen-bond donors (Lipinski definition) is 0. The predicted molar refractivity (Wildman–Crippen MR) is 63.7 cm³/mol. The lowest BCUT2D eigenvalue weighted by Gasteiger charge is -1.95. The zero-order chi connectivity index (χ0) is 11.1. The molecular weight excluding hydrogens is 200 g/mol. The van der Waals surface area contributed by atoms with E-state index < -0.39 is 0 Å². The van der Waals surface area contributed by atoms with Crippen LogP contribution in [0, 0.1) is 0 Å². The van der Waals surface area contributed by atoms with Crippen LogP contribution in [0.5, 0.6) is 0 Å².